The van der Waals surface area contributed by atoms with Crippen LogP contribution in [0.25, 0.3) is 11.1 Å². The molecule has 7 nitrogen and oxygen atoms in total. The standard InChI is InChI=1S/C30H30O7S/c1-19-10-14-23(15-11-19)38(33,34)37-29-24(16-12-20(2)13-17-26(31)35-4)27(22-8-6-5-7-9-22)21(3)25-18-36-30(32)28(25)29/h5-12,14-15H,13,16-18H2,1-4H3/b20-12+. The van der Waals surface area contributed by atoms with Gasteiger partial charge in [0, 0.05) is 17.5 Å². The average Bonchev–Trinajstić information content (AvgIpc) is 3.30. The molecule has 0 atom stereocenters. The molecule has 0 fully saturated rings. The van der Waals surface area contributed by atoms with Gasteiger partial charge >= 0.3 is 22.1 Å². The van der Waals surface area contributed by atoms with E-state index in [1.54, 1.807) is 12.1 Å². The molecule has 3 aromatic rings. The maximum atomic E-state index is 13.4. The molecule has 0 saturated heterocycles. The van der Waals surface area contributed by atoms with Gasteiger partial charge in [0.25, 0.3) is 0 Å². The number of fused-ring (bicyclic) bond motifs is 1. The van der Waals surface area contributed by atoms with E-state index in [2.05, 4.69) is 0 Å². The van der Waals surface area contributed by atoms with Crippen LogP contribution < -0.4 is 4.18 Å². The first kappa shape index (κ1) is 27.1. The van der Waals surface area contributed by atoms with Gasteiger partial charge in [-0.2, -0.15) is 8.42 Å². The molecule has 3 aromatic carbocycles. The molecular weight excluding hydrogens is 504 g/mol. The van der Waals surface area contributed by atoms with Crippen molar-refractivity contribution in [1.29, 1.82) is 0 Å². The lowest BCUT2D eigenvalue weighted by molar-refractivity contribution is -0.140. The van der Waals surface area contributed by atoms with Crippen molar-refractivity contribution in [3.63, 3.8) is 0 Å². The van der Waals surface area contributed by atoms with Crippen molar-refractivity contribution < 1.29 is 31.7 Å². The zero-order chi connectivity index (χ0) is 27.4. The first-order chi connectivity index (χ1) is 18.1. The topological polar surface area (TPSA) is 96.0 Å². The molecule has 0 radical (unpaired) electrons. The van der Waals surface area contributed by atoms with Crippen molar-refractivity contribution in [2.45, 2.75) is 51.5 Å². The van der Waals surface area contributed by atoms with E-state index in [-0.39, 0.29) is 41.6 Å². The summed E-state index contributed by atoms with van der Waals surface area (Å²) in [7, 11) is -2.92. The van der Waals surface area contributed by atoms with E-state index in [9.17, 15) is 18.0 Å². The molecule has 0 unspecified atom stereocenters. The van der Waals surface area contributed by atoms with E-state index in [1.165, 1.54) is 19.2 Å². The normalized spacial score (nSPS) is 13.2. The third-order valence-electron chi connectivity index (χ3n) is 6.66. The van der Waals surface area contributed by atoms with Crippen LogP contribution in [0.15, 0.2) is 71.1 Å². The predicted octanol–water partition coefficient (Wildman–Crippen LogP) is 5.85. The van der Waals surface area contributed by atoms with Gasteiger partial charge in [0.2, 0.25) is 0 Å². The van der Waals surface area contributed by atoms with Crippen molar-refractivity contribution in [3.8, 4) is 16.9 Å². The van der Waals surface area contributed by atoms with E-state index < -0.39 is 16.1 Å². The summed E-state index contributed by atoms with van der Waals surface area (Å²) in [4.78, 5) is 24.5. The van der Waals surface area contributed by atoms with E-state index in [0.29, 0.717) is 17.5 Å². The summed E-state index contributed by atoms with van der Waals surface area (Å²) < 4.78 is 42.7. The third-order valence-corrected chi connectivity index (χ3v) is 7.89. The number of aryl methyl sites for hydroxylation is 1. The summed E-state index contributed by atoms with van der Waals surface area (Å²) in [5.74, 6) is -0.957. The van der Waals surface area contributed by atoms with Crippen LogP contribution in [0.4, 0.5) is 0 Å². The molecule has 0 aromatic heterocycles. The Balaban J connectivity index is 1.90. The Morgan fingerprint density at radius 2 is 1.68 bits per heavy atom. The van der Waals surface area contributed by atoms with Gasteiger partial charge in [-0.05, 0) is 62.4 Å². The number of carbonyl (C=O) groups excluding carboxylic acids is 2. The molecule has 0 amide bonds. The number of esters is 2. The SMILES string of the molecule is COC(=O)CC/C(C)=C/Cc1c(OS(=O)(=O)c2ccc(C)cc2)c2c(c(C)c1-c1ccccc1)COC2=O. The van der Waals surface area contributed by atoms with Crippen molar-refractivity contribution >= 4 is 22.1 Å². The van der Waals surface area contributed by atoms with E-state index >= 15 is 0 Å². The summed E-state index contributed by atoms with van der Waals surface area (Å²) in [5, 5.41) is 0. The van der Waals surface area contributed by atoms with E-state index in [4.69, 9.17) is 13.7 Å². The Kier molecular flexibility index (Phi) is 8.02. The Morgan fingerprint density at radius 3 is 2.34 bits per heavy atom. The van der Waals surface area contributed by atoms with Gasteiger partial charge in [0.15, 0.2) is 5.75 Å². The molecule has 1 heterocycles. The molecule has 0 N–H and O–H groups in total. The largest absolute Gasteiger partial charge is 0.469 e. The number of methoxy groups -OCH3 is 1. The van der Waals surface area contributed by atoms with Crippen molar-refractivity contribution in [2.75, 3.05) is 7.11 Å². The number of cyclic esters (lactones) is 1. The fourth-order valence-electron chi connectivity index (χ4n) is 4.50. The minimum absolute atomic E-state index is 0.0131. The highest BCUT2D eigenvalue weighted by Gasteiger charge is 2.35. The van der Waals surface area contributed by atoms with Crippen LogP contribution in [0.1, 0.15) is 52.4 Å². The molecule has 1 aliphatic heterocycles. The Bertz CT molecular complexity index is 1500. The summed E-state index contributed by atoms with van der Waals surface area (Å²) in [6.07, 6.45) is 2.90. The average molecular weight is 535 g/mol. The molecule has 4 rings (SSSR count). The second-order valence-electron chi connectivity index (χ2n) is 9.28. The van der Waals surface area contributed by atoms with Crippen molar-refractivity contribution in [2.24, 2.45) is 0 Å². The second kappa shape index (κ2) is 11.2. The highest BCUT2D eigenvalue weighted by Crippen LogP contribution is 2.44. The quantitative estimate of drug-likeness (QED) is 0.193. The van der Waals surface area contributed by atoms with Gasteiger partial charge < -0.3 is 13.7 Å². The van der Waals surface area contributed by atoms with Gasteiger partial charge in [0.1, 0.15) is 17.1 Å². The van der Waals surface area contributed by atoms with Crippen LogP contribution in [-0.2, 0) is 37.4 Å². The number of rotatable bonds is 9. The van der Waals surface area contributed by atoms with Gasteiger partial charge in [-0.1, -0.05) is 59.7 Å². The number of allylic oxidation sites excluding steroid dienone is 2. The van der Waals surface area contributed by atoms with Gasteiger partial charge in [-0.3, -0.25) is 4.79 Å². The smallest absolute Gasteiger partial charge is 0.342 e. The Morgan fingerprint density at radius 1 is 1.00 bits per heavy atom. The first-order valence-electron chi connectivity index (χ1n) is 12.3. The zero-order valence-corrected chi connectivity index (χ0v) is 22.7. The maximum absolute atomic E-state index is 13.4. The lowest BCUT2D eigenvalue weighted by atomic mass is 9.86. The fourth-order valence-corrected chi connectivity index (χ4v) is 5.47. The lowest BCUT2D eigenvalue weighted by Crippen LogP contribution is -2.15. The van der Waals surface area contributed by atoms with Crippen molar-refractivity contribution in [3.05, 3.63) is 94.1 Å². The molecular formula is C30H30O7S. The highest BCUT2D eigenvalue weighted by atomic mass is 32.2. The first-order valence-corrected chi connectivity index (χ1v) is 13.7. The number of ether oxygens (including phenoxy) is 2. The Labute approximate surface area is 223 Å². The van der Waals surface area contributed by atoms with E-state index in [1.807, 2.05) is 57.2 Å². The monoisotopic (exact) mass is 534 g/mol. The second-order valence-corrected chi connectivity index (χ2v) is 10.8. The molecule has 198 valence electrons. The van der Waals surface area contributed by atoms with Crippen LogP contribution in [-0.4, -0.2) is 27.5 Å². The number of carbonyl (C=O) groups is 2. The molecule has 0 aliphatic carbocycles. The molecule has 0 bridgehead atoms. The Hall–Kier alpha value is -3.91. The molecule has 0 saturated carbocycles. The predicted molar refractivity (Wildman–Crippen MR) is 143 cm³/mol. The molecule has 1 aliphatic rings. The molecule has 0 spiro atoms. The summed E-state index contributed by atoms with van der Waals surface area (Å²) in [6, 6.07) is 15.9. The van der Waals surface area contributed by atoms with Gasteiger partial charge in [-0.15, -0.1) is 0 Å². The van der Waals surface area contributed by atoms with Gasteiger partial charge in [-0.25, -0.2) is 4.79 Å². The maximum Gasteiger partial charge on any atom is 0.342 e. The van der Waals surface area contributed by atoms with Gasteiger partial charge in [0.05, 0.1) is 7.11 Å². The molecule has 38 heavy (non-hydrogen) atoms. The fraction of sp³-hybridized carbons (Fsp3) is 0.267. The summed E-state index contributed by atoms with van der Waals surface area (Å²) in [5.41, 5.74) is 5.60. The number of benzene rings is 3. The minimum Gasteiger partial charge on any atom is -0.469 e. The minimum atomic E-state index is -4.26. The van der Waals surface area contributed by atoms with Crippen LogP contribution in [0.3, 0.4) is 0 Å². The zero-order valence-electron chi connectivity index (χ0n) is 21.9. The molecule has 8 heteroatoms. The summed E-state index contributed by atoms with van der Waals surface area (Å²) in [6.45, 7) is 5.69. The van der Waals surface area contributed by atoms with Crippen molar-refractivity contribution in [1.82, 2.24) is 0 Å². The number of hydrogen-bond acceptors (Lipinski definition) is 7. The van der Waals surface area contributed by atoms with Crippen LogP contribution in [0, 0.1) is 13.8 Å². The van der Waals surface area contributed by atoms with Crippen LogP contribution in [0.2, 0.25) is 0 Å². The van der Waals surface area contributed by atoms with Crippen LogP contribution >= 0.6 is 0 Å². The highest BCUT2D eigenvalue weighted by molar-refractivity contribution is 7.87. The lowest BCUT2D eigenvalue weighted by Gasteiger charge is -2.20. The number of hydrogen-bond donors (Lipinski definition) is 0. The van der Waals surface area contributed by atoms with E-state index in [0.717, 1.165) is 27.8 Å². The summed E-state index contributed by atoms with van der Waals surface area (Å²) >= 11 is 0. The van der Waals surface area contributed by atoms with Crippen LogP contribution in [0.5, 0.6) is 5.75 Å². The third kappa shape index (κ3) is 5.65.